The fourth-order valence-electron chi connectivity index (χ4n) is 3.43. The molecular formula is C26H36N2O. The number of rotatable bonds is 8. The van der Waals surface area contributed by atoms with E-state index in [-0.39, 0.29) is 17.4 Å². The van der Waals surface area contributed by atoms with E-state index in [4.69, 9.17) is 0 Å². The van der Waals surface area contributed by atoms with Crippen molar-refractivity contribution < 1.29 is 4.79 Å². The van der Waals surface area contributed by atoms with Crippen molar-refractivity contribution in [1.29, 1.82) is 0 Å². The monoisotopic (exact) mass is 392 g/mol. The number of carbonyl (C=O) groups excluding carboxylic acids is 1. The molecule has 0 saturated heterocycles. The Hall–Kier alpha value is -2.39. The zero-order valence-electron chi connectivity index (χ0n) is 18.8. The van der Waals surface area contributed by atoms with Crippen molar-refractivity contribution in [2.75, 3.05) is 19.6 Å². The molecule has 0 spiro atoms. The van der Waals surface area contributed by atoms with Gasteiger partial charge in [-0.1, -0.05) is 88.7 Å². The normalized spacial score (nSPS) is 13.1. The molecule has 0 heterocycles. The van der Waals surface area contributed by atoms with Crippen LogP contribution in [-0.2, 0) is 10.2 Å². The van der Waals surface area contributed by atoms with Crippen molar-refractivity contribution >= 4 is 12.0 Å². The van der Waals surface area contributed by atoms with Gasteiger partial charge >= 0.3 is 0 Å². The quantitative estimate of drug-likeness (QED) is 0.601. The summed E-state index contributed by atoms with van der Waals surface area (Å²) in [7, 11) is 0. The first-order valence-corrected chi connectivity index (χ1v) is 10.6. The number of amides is 1. The fraction of sp³-hybridized carbons (Fsp3) is 0.423. The Kier molecular flexibility index (Phi) is 8.21. The molecule has 2 aromatic rings. The van der Waals surface area contributed by atoms with Gasteiger partial charge in [-0.2, -0.15) is 0 Å². The number of hydrogen-bond acceptors (Lipinski definition) is 2. The number of aryl methyl sites for hydroxylation is 1. The van der Waals surface area contributed by atoms with Crippen LogP contribution in [0.5, 0.6) is 0 Å². The highest BCUT2D eigenvalue weighted by atomic mass is 16.1. The van der Waals surface area contributed by atoms with Crippen LogP contribution in [0.1, 0.15) is 62.9 Å². The summed E-state index contributed by atoms with van der Waals surface area (Å²) < 4.78 is 0. The van der Waals surface area contributed by atoms with Crippen LogP contribution in [-0.4, -0.2) is 30.4 Å². The molecule has 0 radical (unpaired) electrons. The van der Waals surface area contributed by atoms with E-state index >= 15 is 0 Å². The highest BCUT2D eigenvalue weighted by Gasteiger charge is 2.20. The Morgan fingerprint density at radius 3 is 2.10 bits per heavy atom. The van der Waals surface area contributed by atoms with Crippen LogP contribution in [0.3, 0.4) is 0 Å². The number of hydrogen-bond donors (Lipinski definition) is 1. The lowest BCUT2D eigenvalue weighted by molar-refractivity contribution is -0.116. The summed E-state index contributed by atoms with van der Waals surface area (Å²) in [4.78, 5) is 14.8. The van der Waals surface area contributed by atoms with Crippen LogP contribution in [0.4, 0.5) is 0 Å². The molecule has 0 aliphatic heterocycles. The minimum atomic E-state index is -0.0611. The maximum atomic E-state index is 12.4. The number of benzene rings is 2. The van der Waals surface area contributed by atoms with Crippen LogP contribution in [0, 0.1) is 6.92 Å². The molecule has 1 amide bonds. The number of likely N-dealkylation sites (N-methyl/N-ethyl adjacent to an activating group) is 1. The molecule has 0 fully saturated rings. The Morgan fingerprint density at radius 2 is 1.59 bits per heavy atom. The van der Waals surface area contributed by atoms with E-state index in [1.165, 1.54) is 16.7 Å². The molecule has 0 aromatic heterocycles. The number of carbonyl (C=O) groups is 1. The third kappa shape index (κ3) is 6.86. The molecule has 2 aromatic carbocycles. The summed E-state index contributed by atoms with van der Waals surface area (Å²) in [5.74, 6) is -0.0611. The summed E-state index contributed by atoms with van der Waals surface area (Å²) >= 11 is 0. The first-order chi connectivity index (χ1) is 13.7. The second kappa shape index (κ2) is 10.4. The molecule has 0 bridgehead atoms. The average molecular weight is 393 g/mol. The van der Waals surface area contributed by atoms with E-state index in [0.717, 1.165) is 18.7 Å². The van der Waals surface area contributed by atoms with Gasteiger partial charge in [-0.15, -0.1) is 0 Å². The topological polar surface area (TPSA) is 32.3 Å². The summed E-state index contributed by atoms with van der Waals surface area (Å²) in [5, 5.41) is 3.09. The van der Waals surface area contributed by atoms with Gasteiger partial charge in [0.15, 0.2) is 0 Å². The molecule has 1 atom stereocenters. The van der Waals surface area contributed by atoms with Gasteiger partial charge in [-0.3, -0.25) is 9.69 Å². The molecule has 3 nitrogen and oxygen atoms in total. The molecule has 29 heavy (non-hydrogen) atoms. The molecule has 156 valence electrons. The SMILES string of the molecule is CCN(CC)[C@@H](CNC(=O)/C=C/c1ccc(C)cc1)c1ccc(C(C)(C)C)cc1. The van der Waals surface area contributed by atoms with Crippen molar-refractivity contribution in [2.45, 2.75) is 53.0 Å². The molecule has 0 saturated carbocycles. The molecule has 2 rings (SSSR count). The van der Waals surface area contributed by atoms with Gasteiger partial charge < -0.3 is 5.32 Å². The van der Waals surface area contributed by atoms with Crippen molar-refractivity contribution in [2.24, 2.45) is 0 Å². The van der Waals surface area contributed by atoms with Crippen molar-refractivity contribution in [1.82, 2.24) is 10.2 Å². The molecular weight excluding hydrogens is 356 g/mol. The lowest BCUT2D eigenvalue weighted by Gasteiger charge is -2.30. The average Bonchev–Trinajstić information content (AvgIpc) is 2.70. The van der Waals surface area contributed by atoms with E-state index < -0.39 is 0 Å². The molecule has 0 aliphatic rings. The summed E-state index contributed by atoms with van der Waals surface area (Å²) in [6.07, 6.45) is 3.48. The van der Waals surface area contributed by atoms with Crippen LogP contribution in [0.2, 0.25) is 0 Å². The van der Waals surface area contributed by atoms with E-state index in [0.29, 0.717) is 6.54 Å². The largest absolute Gasteiger partial charge is 0.351 e. The Bertz CT molecular complexity index is 794. The predicted molar refractivity (Wildman–Crippen MR) is 124 cm³/mol. The second-order valence-corrected chi connectivity index (χ2v) is 8.60. The molecule has 1 N–H and O–H groups in total. The molecule has 0 unspecified atom stereocenters. The number of nitrogens with one attached hydrogen (secondary N) is 1. The summed E-state index contributed by atoms with van der Waals surface area (Å²) in [6.45, 7) is 15.5. The first-order valence-electron chi connectivity index (χ1n) is 10.6. The maximum Gasteiger partial charge on any atom is 0.244 e. The van der Waals surface area contributed by atoms with Gasteiger partial charge in [-0.25, -0.2) is 0 Å². The maximum absolute atomic E-state index is 12.4. The number of nitrogens with zero attached hydrogens (tertiary/aromatic N) is 1. The molecule has 0 aliphatic carbocycles. The van der Waals surface area contributed by atoms with Crippen molar-refractivity contribution in [3.63, 3.8) is 0 Å². The van der Waals surface area contributed by atoms with Crippen LogP contribution < -0.4 is 5.32 Å². The standard InChI is InChI=1S/C26H36N2O/c1-7-28(8-2)24(22-14-16-23(17-15-22)26(4,5)6)19-27-25(29)18-13-21-11-9-20(3)10-12-21/h9-18,24H,7-8,19H2,1-6H3,(H,27,29)/b18-13+/t24-/m0/s1. The third-order valence-corrected chi connectivity index (χ3v) is 5.39. The highest BCUT2D eigenvalue weighted by Crippen LogP contribution is 2.26. The van der Waals surface area contributed by atoms with Crippen LogP contribution >= 0.6 is 0 Å². The molecule has 3 heteroatoms. The van der Waals surface area contributed by atoms with E-state index in [1.807, 2.05) is 18.2 Å². The van der Waals surface area contributed by atoms with Crippen molar-refractivity contribution in [3.8, 4) is 0 Å². The zero-order chi connectivity index (χ0) is 21.4. The third-order valence-electron chi connectivity index (χ3n) is 5.39. The first kappa shape index (κ1) is 22.9. The lowest BCUT2D eigenvalue weighted by Crippen LogP contribution is -2.37. The van der Waals surface area contributed by atoms with E-state index in [1.54, 1.807) is 6.08 Å². The minimum absolute atomic E-state index is 0.0611. The summed E-state index contributed by atoms with van der Waals surface area (Å²) in [5.41, 5.74) is 4.95. The smallest absolute Gasteiger partial charge is 0.244 e. The summed E-state index contributed by atoms with van der Waals surface area (Å²) in [6, 6.07) is 17.1. The van der Waals surface area contributed by atoms with Gasteiger partial charge in [0.25, 0.3) is 0 Å². The van der Waals surface area contributed by atoms with E-state index in [2.05, 4.69) is 88.2 Å². The van der Waals surface area contributed by atoms with E-state index in [9.17, 15) is 4.79 Å². The van der Waals surface area contributed by atoms with Gasteiger partial charge in [0, 0.05) is 12.6 Å². The van der Waals surface area contributed by atoms with Crippen molar-refractivity contribution in [3.05, 3.63) is 76.9 Å². The Balaban J connectivity index is 2.08. The minimum Gasteiger partial charge on any atom is -0.351 e. The van der Waals surface area contributed by atoms with Gasteiger partial charge in [0.05, 0.1) is 6.04 Å². The Labute approximate surface area is 176 Å². The second-order valence-electron chi connectivity index (χ2n) is 8.60. The fourth-order valence-corrected chi connectivity index (χ4v) is 3.43. The predicted octanol–water partition coefficient (Wildman–Crippen LogP) is 5.51. The highest BCUT2D eigenvalue weighted by molar-refractivity contribution is 5.91. The van der Waals surface area contributed by atoms with Crippen LogP contribution in [0.25, 0.3) is 6.08 Å². The van der Waals surface area contributed by atoms with Gasteiger partial charge in [-0.05, 0) is 48.2 Å². The Morgan fingerprint density at radius 1 is 1.00 bits per heavy atom. The van der Waals surface area contributed by atoms with Gasteiger partial charge in [0.1, 0.15) is 0 Å². The zero-order valence-corrected chi connectivity index (χ0v) is 18.8. The lowest BCUT2D eigenvalue weighted by atomic mass is 9.86. The van der Waals surface area contributed by atoms with Gasteiger partial charge in [0.2, 0.25) is 5.91 Å². The van der Waals surface area contributed by atoms with Crippen LogP contribution in [0.15, 0.2) is 54.6 Å².